The molecule has 9 nitrogen and oxygen atoms in total. The van der Waals surface area contributed by atoms with Crippen LogP contribution in [0.4, 0.5) is 16.2 Å². The quantitative estimate of drug-likeness (QED) is 0.656. The highest BCUT2D eigenvalue weighted by molar-refractivity contribution is 5.95. The molecule has 0 atom stereocenters. The summed E-state index contributed by atoms with van der Waals surface area (Å²) in [4.78, 5) is 30.6. The van der Waals surface area contributed by atoms with E-state index in [1.165, 1.54) is 0 Å². The molecule has 1 fully saturated rings. The number of hydrogen-bond acceptors (Lipinski definition) is 6. The predicted octanol–water partition coefficient (Wildman–Crippen LogP) is 3.34. The third-order valence-corrected chi connectivity index (χ3v) is 5.08. The van der Waals surface area contributed by atoms with Crippen LogP contribution < -0.4 is 20.3 Å². The number of carbonyl (C=O) groups excluding carboxylic acids is 2. The second kappa shape index (κ2) is 8.10. The van der Waals surface area contributed by atoms with Crippen molar-refractivity contribution < 1.29 is 18.8 Å². The van der Waals surface area contributed by atoms with Gasteiger partial charge in [-0.15, -0.1) is 0 Å². The summed E-state index contributed by atoms with van der Waals surface area (Å²) in [5, 5.41) is 9.75. The number of para-hydroxylation sites is 2. The Hall–Kier alpha value is -3.88. The van der Waals surface area contributed by atoms with Crippen molar-refractivity contribution in [2.24, 2.45) is 0 Å². The molecule has 9 heteroatoms. The second-order valence-electron chi connectivity index (χ2n) is 7.51. The molecular formula is C22H21N5O4. The van der Waals surface area contributed by atoms with Crippen LogP contribution in [0.2, 0.25) is 0 Å². The molecule has 0 unspecified atom stereocenters. The van der Waals surface area contributed by atoms with Crippen molar-refractivity contribution in [2.75, 3.05) is 16.8 Å². The van der Waals surface area contributed by atoms with Crippen molar-refractivity contribution in [3.63, 3.8) is 0 Å². The lowest BCUT2D eigenvalue weighted by Crippen LogP contribution is -2.30. The minimum atomic E-state index is -0.228. The zero-order valence-corrected chi connectivity index (χ0v) is 16.7. The van der Waals surface area contributed by atoms with E-state index < -0.39 is 0 Å². The third-order valence-electron chi connectivity index (χ3n) is 5.08. The molecule has 2 heterocycles. The van der Waals surface area contributed by atoms with E-state index >= 15 is 0 Å². The molecule has 3 amide bonds. The number of fused-ring (bicyclic) bond motifs is 1. The Kier molecular flexibility index (Phi) is 4.99. The molecule has 1 aromatic heterocycles. The number of aromatic nitrogens is 2. The molecule has 158 valence electrons. The number of urea groups is 1. The van der Waals surface area contributed by atoms with Gasteiger partial charge in [0.25, 0.3) is 0 Å². The molecule has 2 N–H and O–H groups in total. The summed E-state index contributed by atoms with van der Waals surface area (Å²) in [7, 11) is 0. The minimum Gasteiger partial charge on any atom is -0.491 e. The van der Waals surface area contributed by atoms with Crippen molar-refractivity contribution >= 4 is 23.3 Å². The molecule has 1 saturated carbocycles. The average molecular weight is 419 g/mol. The largest absolute Gasteiger partial charge is 0.491 e. The average Bonchev–Trinajstić information content (AvgIpc) is 3.48. The van der Waals surface area contributed by atoms with Crippen LogP contribution in [0.5, 0.6) is 5.75 Å². The fourth-order valence-electron chi connectivity index (χ4n) is 3.38. The molecule has 0 saturated heterocycles. The molecule has 31 heavy (non-hydrogen) atoms. The maximum atomic E-state index is 12.6. The molecule has 0 radical (unpaired) electrons. The van der Waals surface area contributed by atoms with Crippen LogP contribution in [-0.4, -0.2) is 34.7 Å². The highest BCUT2D eigenvalue weighted by Crippen LogP contribution is 2.32. The minimum absolute atomic E-state index is 0.0717. The van der Waals surface area contributed by atoms with Gasteiger partial charge in [0.15, 0.2) is 0 Å². The first kappa shape index (κ1) is 19.1. The molecular weight excluding hydrogens is 398 g/mol. The maximum absolute atomic E-state index is 12.6. The fraction of sp³-hybridized carbons (Fsp3) is 0.273. The summed E-state index contributed by atoms with van der Waals surface area (Å²) in [6.07, 6.45) is 2.32. The molecule has 3 aromatic rings. The maximum Gasteiger partial charge on any atom is 0.319 e. The van der Waals surface area contributed by atoms with Gasteiger partial charge >= 0.3 is 6.03 Å². The monoisotopic (exact) mass is 419 g/mol. The lowest BCUT2D eigenvalue weighted by Gasteiger charge is -2.19. The molecule has 1 aliphatic heterocycles. The standard InChI is InChI=1S/C22H21N5O4/c28-20-10-11-30-18-7-2-1-6-17(18)27(20)13-19-25-21(26-31-19)14-4-3-5-16(12-14)24-22(29)23-15-8-9-15/h1-7,12,15H,8-11,13H2,(H2,23,24,29). The number of anilines is 2. The third kappa shape index (κ3) is 4.35. The van der Waals surface area contributed by atoms with Gasteiger partial charge in [-0.2, -0.15) is 4.98 Å². The summed E-state index contributed by atoms with van der Waals surface area (Å²) < 4.78 is 11.1. The van der Waals surface area contributed by atoms with Crippen LogP contribution in [0.25, 0.3) is 11.4 Å². The Morgan fingerprint density at radius 1 is 1.16 bits per heavy atom. The van der Waals surface area contributed by atoms with Gasteiger partial charge in [0, 0.05) is 17.3 Å². The number of nitrogens with zero attached hydrogens (tertiary/aromatic N) is 3. The van der Waals surface area contributed by atoms with Gasteiger partial charge in [-0.1, -0.05) is 29.4 Å². The van der Waals surface area contributed by atoms with E-state index in [-0.39, 0.29) is 30.9 Å². The number of rotatable bonds is 5. The topological polar surface area (TPSA) is 110 Å². The Balaban J connectivity index is 1.33. The molecule has 0 spiro atoms. The molecule has 1 aliphatic carbocycles. The van der Waals surface area contributed by atoms with E-state index in [0.717, 1.165) is 12.8 Å². The van der Waals surface area contributed by atoms with Gasteiger partial charge in [0.1, 0.15) is 12.3 Å². The second-order valence-corrected chi connectivity index (χ2v) is 7.51. The summed E-state index contributed by atoms with van der Waals surface area (Å²) in [5.41, 5.74) is 2.01. The first-order valence-corrected chi connectivity index (χ1v) is 10.2. The summed E-state index contributed by atoms with van der Waals surface area (Å²) in [5.74, 6) is 1.27. The Morgan fingerprint density at radius 2 is 2.03 bits per heavy atom. The molecule has 2 aliphatic rings. The SMILES string of the molecule is O=C(Nc1cccc(-c2noc(CN3C(=O)CCOc4ccccc43)n2)c1)NC1CC1. The first-order chi connectivity index (χ1) is 15.2. The predicted molar refractivity (Wildman–Crippen MR) is 113 cm³/mol. The number of benzene rings is 2. The first-order valence-electron chi connectivity index (χ1n) is 10.2. The zero-order chi connectivity index (χ0) is 21.2. The van der Waals surface area contributed by atoms with Crippen molar-refractivity contribution in [3.8, 4) is 17.1 Å². The van der Waals surface area contributed by atoms with E-state index in [2.05, 4.69) is 20.8 Å². The van der Waals surface area contributed by atoms with E-state index in [4.69, 9.17) is 9.26 Å². The van der Waals surface area contributed by atoms with Gasteiger partial charge in [-0.05, 0) is 37.1 Å². The number of ether oxygens (including phenoxy) is 1. The van der Waals surface area contributed by atoms with Crippen LogP contribution in [0.15, 0.2) is 53.1 Å². The molecule has 2 aromatic carbocycles. The smallest absolute Gasteiger partial charge is 0.319 e. The van der Waals surface area contributed by atoms with Crippen LogP contribution in [0.1, 0.15) is 25.2 Å². The lowest BCUT2D eigenvalue weighted by atomic mass is 10.2. The van der Waals surface area contributed by atoms with Gasteiger partial charge in [0.05, 0.1) is 18.7 Å². The summed E-state index contributed by atoms with van der Waals surface area (Å²) in [6, 6.07) is 14.6. The Bertz CT molecular complexity index is 1120. The van der Waals surface area contributed by atoms with E-state index in [0.29, 0.717) is 41.0 Å². The summed E-state index contributed by atoms with van der Waals surface area (Å²) >= 11 is 0. The van der Waals surface area contributed by atoms with Crippen molar-refractivity contribution in [1.82, 2.24) is 15.5 Å². The Morgan fingerprint density at radius 3 is 2.90 bits per heavy atom. The number of nitrogens with one attached hydrogen (secondary N) is 2. The number of hydrogen-bond donors (Lipinski definition) is 2. The van der Waals surface area contributed by atoms with Crippen LogP contribution >= 0.6 is 0 Å². The number of carbonyl (C=O) groups is 2. The van der Waals surface area contributed by atoms with Crippen LogP contribution in [0.3, 0.4) is 0 Å². The molecule has 5 rings (SSSR count). The van der Waals surface area contributed by atoms with E-state index in [1.54, 1.807) is 17.0 Å². The van der Waals surface area contributed by atoms with E-state index in [9.17, 15) is 9.59 Å². The van der Waals surface area contributed by atoms with E-state index in [1.807, 2.05) is 36.4 Å². The summed E-state index contributed by atoms with van der Waals surface area (Å²) in [6.45, 7) is 0.476. The molecule has 0 bridgehead atoms. The highest BCUT2D eigenvalue weighted by Gasteiger charge is 2.25. The van der Waals surface area contributed by atoms with Gasteiger partial charge in [-0.3, -0.25) is 9.69 Å². The van der Waals surface area contributed by atoms with Crippen molar-refractivity contribution in [2.45, 2.75) is 31.8 Å². The van der Waals surface area contributed by atoms with Crippen LogP contribution in [-0.2, 0) is 11.3 Å². The van der Waals surface area contributed by atoms with Crippen molar-refractivity contribution in [3.05, 3.63) is 54.4 Å². The van der Waals surface area contributed by atoms with Crippen molar-refractivity contribution in [1.29, 1.82) is 0 Å². The number of amides is 3. The van der Waals surface area contributed by atoms with Gasteiger partial charge < -0.3 is 19.9 Å². The highest BCUT2D eigenvalue weighted by atomic mass is 16.5. The fourth-order valence-corrected chi connectivity index (χ4v) is 3.38. The lowest BCUT2D eigenvalue weighted by molar-refractivity contribution is -0.119. The van der Waals surface area contributed by atoms with Crippen LogP contribution in [0, 0.1) is 0 Å². The van der Waals surface area contributed by atoms with Gasteiger partial charge in [-0.25, -0.2) is 4.79 Å². The zero-order valence-electron chi connectivity index (χ0n) is 16.7. The Labute approximate surface area is 178 Å². The normalized spacial score (nSPS) is 15.6. The van der Waals surface area contributed by atoms with Gasteiger partial charge in [0.2, 0.25) is 17.6 Å².